The normalized spacial score (nSPS) is 11.5. The maximum atomic E-state index is 12.4. The first-order chi connectivity index (χ1) is 28.9. The number of aromatic nitrogens is 2. The first-order valence-corrected chi connectivity index (χ1v) is 18.4. The van der Waals surface area contributed by atoms with Crippen molar-refractivity contribution in [1.82, 2.24) is 15.3 Å². The molecule has 0 aliphatic heterocycles. The lowest BCUT2D eigenvalue weighted by atomic mass is 10.1. The highest BCUT2D eigenvalue weighted by molar-refractivity contribution is 5.97. The molecule has 5 aromatic carbocycles. The number of nitriles is 2. The van der Waals surface area contributed by atoms with Gasteiger partial charge in [0.15, 0.2) is 0 Å². The number of nitrogens with two attached hydrogens (primary N) is 3. The fourth-order valence-electron chi connectivity index (χ4n) is 5.75. The van der Waals surface area contributed by atoms with E-state index in [2.05, 4.69) is 38.1 Å². The van der Waals surface area contributed by atoms with Gasteiger partial charge in [0.05, 0.1) is 6.04 Å². The van der Waals surface area contributed by atoms with E-state index in [-0.39, 0.29) is 12.5 Å². The average Bonchev–Trinajstić information content (AvgIpc) is 3.74. The Bertz CT molecular complexity index is 2730. The van der Waals surface area contributed by atoms with Crippen LogP contribution in [0.1, 0.15) is 30.5 Å². The molecule has 0 saturated carbocycles. The molecule has 2 heterocycles. The Labute approximate surface area is 343 Å². The summed E-state index contributed by atoms with van der Waals surface area (Å²) in [5, 5.41) is 27.8. The van der Waals surface area contributed by atoms with Gasteiger partial charge in [-0.15, -0.1) is 0 Å². The molecule has 0 saturated heterocycles. The molecule has 7 rings (SSSR count). The fraction of sp³-hybridized carbons (Fsp3) is 0.114. The molecule has 2 atom stereocenters. The first-order valence-electron chi connectivity index (χ1n) is 18.4. The predicted molar refractivity (Wildman–Crippen MR) is 228 cm³/mol. The van der Waals surface area contributed by atoms with Crippen LogP contribution < -0.4 is 42.6 Å². The fourth-order valence-corrected chi connectivity index (χ4v) is 5.75. The van der Waals surface area contributed by atoms with Gasteiger partial charge in [-0.05, 0) is 104 Å². The molecule has 11 N–H and O–H groups in total. The van der Waals surface area contributed by atoms with Crippen LogP contribution in [0, 0.1) is 22.7 Å². The van der Waals surface area contributed by atoms with Crippen molar-refractivity contribution >= 4 is 62.7 Å². The van der Waals surface area contributed by atoms with Crippen molar-refractivity contribution in [2.75, 3.05) is 22.1 Å². The summed E-state index contributed by atoms with van der Waals surface area (Å²) in [7, 11) is 0. The Hall–Kier alpha value is -8.47. The molecule has 0 radical (unpaired) electrons. The van der Waals surface area contributed by atoms with Crippen LogP contribution in [0.3, 0.4) is 0 Å². The van der Waals surface area contributed by atoms with Gasteiger partial charge in [-0.3, -0.25) is 9.59 Å². The smallest absolute Gasteiger partial charge is 0.408 e. The van der Waals surface area contributed by atoms with Gasteiger partial charge in [-0.2, -0.15) is 10.5 Å². The summed E-state index contributed by atoms with van der Waals surface area (Å²) in [6, 6.07) is 36.4. The molecule has 0 aliphatic carbocycles. The number of anilines is 4. The number of aromatic amines is 2. The number of carbonyl (C=O) groups excluding carboxylic acids is 3. The number of alkyl carbamates (subject to hydrolysis) is 1. The molecule has 0 unspecified atom stereocenters. The lowest BCUT2D eigenvalue weighted by Gasteiger charge is -2.14. The Morgan fingerprint density at radius 3 is 1.55 bits per heavy atom. The van der Waals surface area contributed by atoms with Crippen molar-refractivity contribution in [3.63, 3.8) is 0 Å². The second kappa shape index (κ2) is 18.6. The number of amides is 3. The predicted octanol–water partition coefficient (Wildman–Crippen LogP) is 7.37. The largest absolute Gasteiger partial charge is 0.457 e. The topological polar surface area (TPSA) is 272 Å². The molecule has 16 nitrogen and oxygen atoms in total. The summed E-state index contributed by atoms with van der Waals surface area (Å²) in [6.07, 6.45) is -0.680. The first kappa shape index (κ1) is 41.2. The summed E-state index contributed by atoms with van der Waals surface area (Å²) in [6.45, 7) is 3.30. The third kappa shape index (κ3) is 10.3. The second-order valence-corrected chi connectivity index (χ2v) is 13.4. The molecule has 16 heteroatoms. The zero-order valence-corrected chi connectivity index (χ0v) is 32.4. The summed E-state index contributed by atoms with van der Waals surface area (Å²) >= 11 is 0. The van der Waals surface area contributed by atoms with Crippen LogP contribution >= 0.6 is 0 Å². The third-order valence-electron chi connectivity index (χ3n) is 8.89. The minimum atomic E-state index is -0.802. The van der Waals surface area contributed by atoms with Crippen LogP contribution in [0.25, 0.3) is 21.8 Å². The summed E-state index contributed by atoms with van der Waals surface area (Å²) in [5.74, 6) is 2.26. The molecule has 60 heavy (non-hydrogen) atoms. The van der Waals surface area contributed by atoms with E-state index < -0.39 is 24.1 Å². The van der Waals surface area contributed by atoms with Crippen molar-refractivity contribution in [3.8, 4) is 35.1 Å². The van der Waals surface area contributed by atoms with Gasteiger partial charge in [0, 0.05) is 33.2 Å². The Balaban J connectivity index is 0.000000213. The molecule has 3 amide bonds. The summed E-state index contributed by atoms with van der Waals surface area (Å²) in [5.41, 5.74) is 21.4. The molecule has 7 aromatic rings. The molecule has 0 spiro atoms. The average molecular weight is 805 g/mol. The number of benzene rings is 5. The van der Waals surface area contributed by atoms with Crippen LogP contribution in [0.5, 0.6) is 23.0 Å². The van der Waals surface area contributed by atoms with Crippen molar-refractivity contribution in [1.29, 1.82) is 10.5 Å². The van der Waals surface area contributed by atoms with Crippen molar-refractivity contribution in [2.24, 2.45) is 5.73 Å². The lowest BCUT2D eigenvalue weighted by molar-refractivity contribution is -0.118. The van der Waals surface area contributed by atoms with Crippen molar-refractivity contribution < 1.29 is 28.6 Å². The highest BCUT2D eigenvalue weighted by Gasteiger charge is 2.17. The maximum Gasteiger partial charge on any atom is 0.408 e. The zero-order valence-electron chi connectivity index (χ0n) is 32.4. The van der Waals surface area contributed by atoms with Gasteiger partial charge in [0.25, 0.3) is 0 Å². The number of rotatable bonds is 11. The molecule has 0 fully saturated rings. The molecule has 0 aliphatic rings. The number of H-pyrrole nitrogens is 2. The SMILES string of the molecule is C[C@H](N)C(=O)Nc1ccc(Oc2ccc3[nH]c(N)c(C#N)c3c2)cc1.C[C@H](NC(=O)OCc1ccccc1)C(=O)Nc1ccc(Oc2ccc3[nH]c(N)c(C#N)c3c2)cc1. The second-order valence-electron chi connectivity index (χ2n) is 13.4. The van der Waals surface area contributed by atoms with Crippen LogP contribution in [-0.2, 0) is 20.9 Å². The van der Waals surface area contributed by atoms with Gasteiger partial charge < -0.3 is 57.3 Å². The van der Waals surface area contributed by atoms with E-state index in [0.717, 1.165) is 16.6 Å². The number of nitrogens with zero attached hydrogens (tertiary/aromatic N) is 2. The van der Waals surface area contributed by atoms with Crippen LogP contribution in [0.4, 0.5) is 27.8 Å². The summed E-state index contributed by atoms with van der Waals surface area (Å²) < 4.78 is 16.8. The van der Waals surface area contributed by atoms with Gasteiger partial charge in [0.2, 0.25) is 11.8 Å². The monoisotopic (exact) mass is 804 g/mol. The van der Waals surface area contributed by atoms with Crippen molar-refractivity contribution in [3.05, 3.63) is 132 Å². The number of nitrogen functional groups attached to an aromatic ring is 2. The van der Waals surface area contributed by atoms with E-state index in [4.69, 9.17) is 31.4 Å². The van der Waals surface area contributed by atoms with E-state index in [1.54, 1.807) is 98.8 Å². The maximum absolute atomic E-state index is 12.4. The van der Waals surface area contributed by atoms with Crippen LogP contribution in [0.2, 0.25) is 0 Å². The van der Waals surface area contributed by atoms with E-state index >= 15 is 0 Å². The number of carbonyl (C=O) groups is 3. The number of nitrogens with one attached hydrogen (secondary N) is 5. The van der Waals surface area contributed by atoms with Gasteiger partial charge in [-0.1, -0.05) is 30.3 Å². The van der Waals surface area contributed by atoms with Gasteiger partial charge in [-0.25, -0.2) is 4.79 Å². The van der Waals surface area contributed by atoms with Crippen LogP contribution in [-0.4, -0.2) is 40.0 Å². The highest BCUT2D eigenvalue weighted by atomic mass is 16.5. The number of hydrogen-bond donors (Lipinski definition) is 8. The Kier molecular flexibility index (Phi) is 12.8. The minimum absolute atomic E-state index is 0.116. The molecular formula is C44H40N10O6. The molecular weight excluding hydrogens is 765 g/mol. The standard InChI is InChI=1S/C26H23N5O4.C18H17N5O2/c1-16(29-26(33)34-15-17-5-3-2-4-6-17)25(32)30-18-7-9-19(10-8-18)35-20-11-12-23-21(13-20)22(14-27)24(28)31-23;1-10(20)18(24)22-11-2-4-12(5-3-11)25-13-6-7-16-14(8-13)15(9-19)17(21)23-16/h2-13,16,31H,15,28H2,1H3,(H,29,33)(H,30,32);2-8,10,23H,20-21H2,1H3,(H,22,24)/t16-;10-/m00/s1. The molecule has 302 valence electrons. The Morgan fingerprint density at radius 1 is 0.650 bits per heavy atom. The minimum Gasteiger partial charge on any atom is -0.457 e. The van der Waals surface area contributed by atoms with Crippen LogP contribution in [0.15, 0.2) is 115 Å². The molecule has 0 bridgehead atoms. The van der Waals surface area contributed by atoms with Crippen molar-refractivity contribution in [2.45, 2.75) is 32.5 Å². The quantitative estimate of drug-likeness (QED) is 0.0639. The Morgan fingerprint density at radius 2 is 1.10 bits per heavy atom. The van der Waals surface area contributed by atoms with E-state index in [9.17, 15) is 24.9 Å². The molecule has 2 aromatic heterocycles. The zero-order chi connectivity index (χ0) is 42.8. The van der Waals surface area contributed by atoms with E-state index in [1.165, 1.54) is 0 Å². The van der Waals surface area contributed by atoms with Gasteiger partial charge in [0.1, 0.15) is 70.5 Å². The summed E-state index contributed by atoms with van der Waals surface area (Å²) in [4.78, 5) is 41.9. The number of fused-ring (bicyclic) bond motifs is 2. The van der Waals surface area contributed by atoms with E-state index in [1.807, 2.05) is 30.3 Å². The highest BCUT2D eigenvalue weighted by Crippen LogP contribution is 2.32. The third-order valence-corrected chi connectivity index (χ3v) is 8.89. The number of hydrogen-bond acceptors (Lipinski definition) is 11. The van der Waals surface area contributed by atoms with E-state index in [0.29, 0.717) is 67.9 Å². The number of ether oxygens (including phenoxy) is 3. The van der Waals surface area contributed by atoms with Gasteiger partial charge >= 0.3 is 6.09 Å². The lowest BCUT2D eigenvalue weighted by Crippen LogP contribution is -2.41.